The van der Waals surface area contributed by atoms with Crippen molar-refractivity contribution >= 4 is 5.97 Å². The van der Waals surface area contributed by atoms with Crippen LogP contribution in [0.5, 0.6) is 0 Å². The fourth-order valence-corrected chi connectivity index (χ4v) is 1.57. The van der Waals surface area contributed by atoms with Crippen molar-refractivity contribution in [2.45, 2.75) is 19.6 Å². The first-order valence-corrected chi connectivity index (χ1v) is 5.08. The molecule has 6 nitrogen and oxygen atoms in total. The quantitative estimate of drug-likeness (QED) is 0.925. The lowest BCUT2D eigenvalue weighted by Gasteiger charge is -2.08. The van der Waals surface area contributed by atoms with Crippen LogP contribution in [0.4, 0.5) is 13.2 Å². The maximum absolute atomic E-state index is 12.8. The molecule has 0 aliphatic rings. The van der Waals surface area contributed by atoms with E-state index >= 15 is 0 Å². The average molecular weight is 275 g/mol. The summed E-state index contributed by atoms with van der Waals surface area (Å²) in [5.74, 6) is -1.03. The number of nitrogens with zero attached hydrogens (tertiary/aromatic N) is 3. The molecule has 0 bridgehead atoms. The van der Waals surface area contributed by atoms with Gasteiger partial charge < -0.3 is 9.52 Å². The first kappa shape index (κ1) is 13.1. The predicted octanol–water partition coefficient (Wildman–Crippen LogP) is 1.94. The van der Waals surface area contributed by atoms with E-state index in [1.165, 1.54) is 6.07 Å². The van der Waals surface area contributed by atoms with Crippen molar-refractivity contribution in [1.82, 2.24) is 15.0 Å². The molecule has 0 fully saturated rings. The fourth-order valence-electron chi connectivity index (χ4n) is 1.57. The van der Waals surface area contributed by atoms with Crippen molar-refractivity contribution in [3.05, 3.63) is 35.0 Å². The van der Waals surface area contributed by atoms with Gasteiger partial charge in [0.1, 0.15) is 18.1 Å². The number of carboxylic acid groups (broad SMARTS) is 1. The molecule has 0 spiro atoms. The van der Waals surface area contributed by atoms with Gasteiger partial charge in [-0.2, -0.15) is 13.2 Å². The van der Waals surface area contributed by atoms with Crippen LogP contribution >= 0.6 is 0 Å². The van der Waals surface area contributed by atoms with Gasteiger partial charge in [-0.15, -0.1) is 5.10 Å². The zero-order valence-electron chi connectivity index (χ0n) is 9.60. The number of alkyl halides is 3. The Balaban J connectivity index is 2.43. The Bertz CT molecular complexity index is 615. The van der Waals surface area contributed by atoms with E-state index in [1.54, 1.807) is 13.0 Å². The third-order valence-corrected chi connectivity index (χ3v) is 2.31. The van der Waals surface area contributed by atoms with E-state index in [1.807, 2.05) is 0 Å². The number of rotatable bonds is 3. The Hall–Kier alpha value is -2.32. The zero-order valence-corrected chi connectivity index (χ0v) is 9.60. The maximum atomic E-state index is 12.8. The number of carboxylic acids is 1. The molecule has 102 valence electrons. The second-order valence-electron chi connectivity index (χ2n) is 3.76. The van der Waals surface area contributed by atoms with Crippen LogP contribution in [-0.4, -0.2) is 26.1 Å². The van der Waals surface area contributed by atoms with Gasteiger partial charge in [-0.1, -0.05) is 5.21 Å². The molecule has 0 unspecified atom stereocenters. The molecule has 0 saturated heterocycles. The molecule has 0 aliphatic heterocycles. The SMILES string of the molecule is Cc1ccc(Cn2nnc(C(=O)O)c2C(F)(F)F)o1. The van der Waals surface area contributed by atoms with Gasteiger partial charge in [0, 0.05) is 0 Å². The topological polar surface area (TPSA) is 81.2 Å². The van der Waals surface area contributed by atoms with Gasteiger partial charge in [-0.3, -0.25) is 0 Å². The minimum absolute atomic E-state index is 0.227. The molecule has 0 radical (unpaired) electrons. The Kier molecular flexibility index (Phi) is 3.05. The second-order valence-corrected chi connectivity index (χ2v) is 3.76. The van der Waals surface area contributed by atoms with Gasteiger partial charge >= 0.3 is 12.1 Å². The van der Waals surface area contributed by atoms with E-state index in [4.69, 9.17) is 9.52 Å². The van der Waals surface area contributed by atoms with Gasteiger partial charge in [-0.05, 0) is 19.1 Å². The molecule has 2 rings (SSSR count). The molecule has 0 saturated carbocycles. The summed E-state index contributed by atoms with van der Waals surface area (Å²) in [7, 11) is 0. The van der Waals surface area contributed by atoms with Crippen LogP contribution in [-0.2, 0) is 12.7 Å². The molecular formula is C10H8F3N3O3. The van der Waals surface area contributed by atoms with Crippen molar-refractivity contribution in [3.8, 4) is 0 Å². The lowest BCUT2D eigenvalue weighted by molar-refractivity contribution is -0.144. The smallest absolute Gasteiger partial charge is 0.435 e. The van der Waals surface area contributed by atoms with Crippen molar-refractivity contribution in [1.29, 1.82) is 0 Å². The average Bonchev–Trinajstić information content (AvgIpc) is 2.84. The highest BCUT2D eigenvalue weighted by molar-refractivity contribution is 5.86. The molecule has 0 amide bonds. The molecule has 0 aromatic carbocycles. The predicted molar refractivity (Wildman–Crippen MR) is 54.5 cm³/mol. The van der Waals surface area contributed by atoms with E-state index in [0.717, 1.165) is 0 Å². The number of carbonyl (C=O) groups is 1. The number of aromatic nitrogens is 3. The number of aromatic carboxylic acids is 1. The van der Waals surface area contributed by atoms with Gasteiger partial charge in [0.25, 0.3) is 0 Å². The zero-order chi connectivity index (χ0) is 14.2. The van der Waals surface area contributed by atoms with Crippen molar-refractivity contribution in [2.24, 2.45) is 0 Å². The number of hydrogen-bond donors (Lipinski definition) is 1. The van der Waals surface area contributed by atoms with Gasteiger partial charge in [0.2, 0.25) is 5.69 Å². The highest BCUT2D eigenvalue weighted by atomic mass is 19.4. The molecule has 0 atom stereocenters. The Morgan fingerprint density at radius 1 is 1.47 bits per heavy atom. The highest BCUT2D eigenvalue weighted by Crippen LogP contribution is 2.31. The molecule has 2 aromatic rings. The van der Waals surface area contributed by atoms with Crippen LogP contribution in [0, 0.1) is 6.92 Å². The van der Waals surface area contributed by atoms with E-state index < -0.39 is 23.5 Å². The van der Waals surface area contributed by atoms with E-state index in [0.29, 0.717) is 10.4 Å². The number of hydrogen-bond acceptors (Lipinski definition) is 4. The summed E-state index contributed by atoms with van der Waals surface area (Å²) in [4.78, 5) is 10.7. The van der Waals surface area contributed by atoms with Gasteiger partial charge in [-0.25, -0.2) is 9.48 Å². The lowest BCUT2D eigenvalue weighted by atomic mass is 10.3. The standard InChI is InChI=1S/C10H8F3N3O3/c1-5-2-3-6(19-5)4-16-8(10(11,12)13)7(9(17)18)14-15-16/h2-3H,4H2,1H3,(H,17,18). The highest BCUT2D eigenvalue weighted by Gasteiger charge is 2.41. The Morgan fingerprint density at radius 3 is 2.63 bits per heavy atom. The number of aryl methyl sites for hydroxylation is 1. The van der Waals surface area contributed by atoms with Crippen molar-refractivity contribution < 1.29 is 27.5 Å². The Morgan fingerprint density at radius 2 is 2.16 bits per heavy atom. The first-order chi connectivity index (χ1) is 8.79. The minimum Gasteiger partial charge on any atom is -0.476 e. The summed E-state index contributed by atoms with van der Waals surface area (Å²) in [5, 5.41) is 14.9. The minimum atomic E-state index is -4.86. The second kappa shape index (κ2) is 4.41. The molecule has 2 aromatic heterocycles. The summed E-state index contributed by atoms with van der Waals surface area (Å²) in [6.45, 7) is 1.29. The normalized spacial score (nSPS) is 11.8. The van der Waals surface area contributed by atoms with E-state index in [2.05, 4.69) is 10.3 Å². The third kappa shape index (κ3) is 2.59. The van der Waals surface area contributed by atoms with Gasteiger partial charge in [0.15, 0.2) is 5.69 Å². The number of furan rings is 1. The molecule has 2 heterocycles. The lowest BCUT2D eigenvalue weighted by Crippen LogP contribution is -2.18. The summed E-state index contributed by atoms with van der Waals surface area (Å²) in [5.41, 5.74) is -2.54. The van der Waals surface area contributed by atoms with Crippen LogP contribution in [0.15, 0.2) is 16.5 Å². The summed E-state index contributed by atoms with van der Waals surface area (Å²) in [6, 6.07) is 3.06. The summed E-state index contributed by atoms with van der Waals surface area (Å²) in [6.07, 6.45) is -4.86. The van der Waals surface area contributed by atoms with Crippen LogP contribution in [0.3, 0.4) is 0 Å². The number of halogens is 3. The van der Waals surface area contributed by atoms with Crippen LogP contribution < -0.4 is 0 Å². The molecule has 0 aliphatic carbocycles. The molecule has 1 N–H and O–H groups in total. The molecule has 19 heavy (non-hydrogen) atoms. The van der Waals surface area contributed by atoms with Crippen LogP contribution in [0.1, 0.15) is 27.7 Å². The summed E-state index contributed by atoms with van der Waals surface area (Å²) >= 11 is 0. The first-order valence-electron chi connectivity index (χ1n) is 5.08. The van der Waals surface area contributed by atoms with E-state index in [-0.39, 0.29) is 12.3 Å². The fraction of sp³-hybridized carbons (Fsp3) is 0.300. The molecule has 9 heteroatoms. The van der Waals surface area contributed by atoms with Crippen molar-refractivity contribution in [3.63, 3.8) is 0 Å². The van der Waals surface area contributed by atoms with Crippen LogP contribution in [0.2, 0.25) is 0 Å². The maximum Gasteiger partial charge on any atom is 0.435 e. The van der Waals surface area contributed by atoms with Crippen molar-refractivity contribution in [2.75, 3.05) is 0 Å². The molecular weight excluding hydrogens is 267 g/mol. The van der Waals surface area contributed by atoms with E-state index in [9.17, 15) is 18.0 Å². The Labute approximate surface area is 104 Å². The summed E-state index contributed by atoms with van der Waals surface area (Å²) < 4.78 is 44.0. The van der Waals surface area contributed by atoms with Crippen LogP contribution in [0.25, 0.3) is 0 Å². The third-order valence-electron chi connectivity index (χ3n) is 2.31. The largest absolute Gasteiger partial charge is 0.476 e. The van der Waals surface area contributed by atoms with Gasteiger partial charge in [0.05, 0.1) is 0 Å². The monoisotopic (exact) mass is 275 g/mol.